The summed E-state index contributed by atoms with van der Waals surface area (Å²) in [4.78, 5) is 36.5. The van der Waals surface area contributed by atoms with Gasteiger partial charge in [0.25, 0.3) is 11.5 Å². The van der Waals surface area contributed by atoms with Crippen LogP contribution in [0.25, 0.3) is 11.7 Å². The van der Waals surface area contributed by atoms with Crippen LogP contribution in [0.3, 0.4) is 0 Å². The fourth-order valence-electron chi connectivity index (χ4n) is 5.54. The van der Waals surface area contributed by atoms with Crippen molar-refractivity contribution in [2.24, 2.45) is 11.8 Å². The van der Waals surface area contributed by atoms with Crippen LogP contribution in [0.15, 0.2) is 28.0 Å². The molecule has 3 fully saturated rings. The average molecular weight is 483 g/mol. The molecule has 1 aliphatic carbocycles. The van der Waals surface area contributed by atoms with Gasteiger partial charge in [-0.3, -0.25) is 18.9 Å². The molecule has 6 nitrogen and oxygen atoms in total. The van der Waals surface area contributed by atoms with Crippen LogP contribution in [0.4, 0.5) is 5.82 Å². The van der Waals surface area contributed by atoms with E-state index in [0.717, 1.165) is 50.8 Å². The predicted molar refractivity (Wildman–Crippen MR) is 139 cm³/mol. The van der Waals surface area contributed by atoms with Crippen molar-refractivity contribution in [3.05, 3.63) is 44.7 Å². The minimum absolute atomic E-state index is 0.0723. The van der Waals surface area contributed by atoms with Crippen molar-refractivity contribution in [1.29, 1.82) is 0 Å². The van der Waals surface area contributed by atoms with E-state index in [0.29, 0.717) is 38.1 Å². The number of hydrogen-bond donors (Lipinski definition) is 0. The summed E-state index contributed by atoms with van der Waals surface area (Å²) in [5.41, 5.74) is 1.95. The number of thiocarbonyl (C=S) groups is 1. The molecular weight excluding hydrogens is 452 g/mol. The number of fused-ring (bicyclic) bond motifs is 1. The molecule has 2 aromatic rings. The average Bonchev–Trinajstić information content (AvgIpc) is 3.37. The highest BCUT2D eigenvalue weighted by atomic mass is 32.2. The number of thioether (sulfide) groups is 1. The molecule has 3 aliphatic rings. The Bertz CT molecular complexity index is 1200. The van der Waals surface area contributed by atoms with Gasteiger partial charge in [-0.1, -0.05) is 56.7 Å². The fourth-order valence-corrected chi connectivity index (χ4v) is 6.92. The summed E-state index contributed by atoms with van der Waals surface area (Å²) in [5.74, 6) is 1.63. The number of hydrogen-bond acceptors (Lipinski definition) is 6. The maximum absolute atomic E-state index is 13.7. The molecular formula is C25H30N4O2S2. The zero-order valence-electron chi connectivity index (χ0n) is 19.4. The highest BCUT2D eigenvalue weighted by molar-refractivity contribution is 8.26. The maximum atomic E-state index is 13.7. The van der Waals surface area contributed by atoms with E-state index < -0.39 is 0 Å². The molecule has 5 rings (SSSR count). The second-order valence-corrected chi connectivity index (χ2v) is 11.6. The standard InChI is InChI=1S/C25H30N4O2S2/c1-15-8-9-21-26-22(27-12-16(2)10-17(3)13-27)19(23(30)28(21)14-15)11-20-24(31)29(25(32)33-20)18-6-4-5-7-18/h8-9,11,14,16-18H,4-7,10,12-13H2,1-3H3. The smallest absolute Gasteiger partial charge is 0.267 e. The number of carbonyl (C=O) groups excluding carboxylic acids is 1. The Hall–Kier alpha value is -2.19. The van der Waals surface area contributed by atoms with E-state index in [-0.39, 0.29) is 17.5 Å². The second kappa shape index (κ2) is 8.87. The number of piperidine rings is 1. The van der Waals surface area contributed by atoms with Crippen LogP contribution in [0.5, 0.6) is 0 Å². The van der Waals surface area contributed by atoms with Crippen molar-refractivity contribution in [1.82, 2.24) is 14.3 Å². The Morgan fingerprint density at radius 2 is 1.82 bits per heavy atom. The lowest BCUT2D eigenvalue weighted by Crippen LogP contribution is -2.40. The second-order valence-electron chi connectivity index (χ2n) is 9.93. The lowest BCUT2D eigenvalue weighted by Gasteiger charge is -2.36. The summed E-state index contributed by atoms with van der Waals surface area (Å²) >= 11 is 6.89. The molecule has 0 N–H and O–H groups in total. The number of nitrogens with zero attached hydrogens (tertiary/aromatic N) is 4. The first-order valence-corrected chi connectivity index (χ1v) is 13.1. The monoisotopic (exact) mass is 482 g/mol. The van der Waals surface area contributed by atoms with Gasteiger partial charge in [0, 0.05) is 25.3 Å². The van der Waals surface area contributed by atoms with Gasteiger partial charge in [0.1, 0.15) is 15.8 Å². The molecule has 1 amide bonds. The molecule has 2 atom stereocenters. The van der Waals surface area contributed by atoms with Gasteiger partial charge in [0.15, 0.2) is 0 Å². The lowest BCUT2D eigenvalue weighted by molar-refractivity contribution is -0.123. The van der Waals surface area contributed by atoms with Crippen LogP contribution in [0.2, 0.25) is 0 Å². The molecule has 0 bridgehead atoms. The third kappa shape index (κ3) is 4.23. The van der Waals surface area contributed by atoms with Gasteiger partial charge in [-0.15, -0.1) is 0 Å². The van der Waals surface area contributed by atoms with Crippen molar-refractivity contribution < 1.29 is 4.79 Å². The molecule has 4 heterocycles. The van der Waals surface area contributed by atoms with Gasteiger partial charge in [-0.2, -0.15) is 0 Å². The van der Waals surface area contributed by atoms with Gasteiger partial charge in [-0.25, -0.2) is 4.98 Å². The Kier molecular flexibility index (Phi) is 6.07. The summed E-state index contributed by atoms with van der Waals surface area (Å²) in [5, 5.41) is 0. The molecule has 0 aromatic carbocycles. The maximum Gasteiger partial charge on any atom is 0.267 e. The molecule has 2 saturated heterocycles. The van der Waals surface area contributed by atoms with Crippen molar-refractivity contribution in [3.8, 4) is 0 Å². The fraction of sp³-hybridized carbons (Fsp3) is 0.520. The lowest BCUT2D eigenvalue weighted by atomic mass is 9.91. The number of pyridine rings is 1. The minimum Gasteiger partial charge on any atom is -0.355 e. The Morgan fingerprint density at radius 1 is 1.12 bits per heavy atom. The molecule has 1 saturated carbocycles. The summed E-state index contributed by atoms with van der Waals surface area (Å²) < 4.78 is 2.20. The number of rotatable bonds is 3. The van der Waals surface area contributed by atoms with E-state index in [9.17, 15) is 9.59 Å². The normalized spacial score (nSPS) is 25.7. The van der Waals surface area contributed by atoms with E-state index >= 15 is 0 Å². The number of carbonyl (C=O) groups is 1. The van der Waals surface area contributed by atoms with E-state index in [4.69, 9.17) is 17.2 Å². The summed E-state index contributed by atoms with van der Waals surface area (Å²) in [6, 6.07) is 4.05. The summed E-state index contributed by atoms with van der Waals surface area (Å²) in [7, 11) is 0. The quantitative estimate of drug-likeness (QED) is 0.470. The van der Waals surface area contributed by atoms with E-state index in [2.05, 4.69) is 18.7 Å². The Balaban J connectivity index is 1.63. The summed E-state index contributed by atoms with van der Waals surface area (Å²) in [6.45, 7) is 8.14. The zero-order chi connectivity index (χ0) is 23.3. The van der Waals surface area contributed by atoms with Crippen LogP contribution in [0.1, 0.15) is 57.1 Å². The largest absolute Gasteiger partial charge is 0.355 e. The van der Waals surface area contributed by atoms with Gasteiger partial charge in [0.2, 0.25) is 0 Å². The number of aryl methyl sites for hydroxylation is 1. The van der Waals surface area contributed by atoms with Crippen LogP contribution in [-0.2, 0) is 4.79 Å². The topological polar surface area (TPSA) is 57.9 Å². The first-order valence-electron chi connectivity index (χ1n) is 11.9. The van der Waals surface area contributed by atoms with Crippen LogP contribution < -0.4 is 10.5 Å². The number of amides is 1. The van der Waals surface area contributed by atoms with Gasteiger partial charge in [0.05, 0.1) is 10.5 Å². The highest BCUT2D eigenvalue weighted by Crippen LogP contribution is 2.38. The third-order valence-electron chi connectivity index (χ3n) is 6.94. The molecule has 33 heavy (non-hydrogen) atoms. The first-order chi connectivity index (χ1) is 15.8. The van der Waals surface area contributed by atoms with Crippen LogP contribution in [0, 0.1) is 18.8 Å². The van der Waals surface area contributed by atoms with Crippen molar-refractivity contribution in [2.75, 3.05) is 18.0 Å². The van der Waals surface area contributed by atoms with Crippen LogP contribution in [-0.4, -0.2) is 43.6 Å². The minimum atomic E-state index is -0.143. The Labute approximate surface area is 204 Å². The van der Waals surface area contributed by atoms with Crippen molar-refractivity contribution in [2.45, 2.75) is 58.9 Å². The predicted octanol–water partition coefficient (Wildman–Crippen LogP) is 4.63. The summed E-state index contributed by atoms with van der Waals surface area (Å²) in [6.07, 6.45) is 8.98. The number of aromatic nitrogens is 2. The molecule has 8 heteroatoms. The molecule has 0 radical (unpaired) electrons. The molecule has 2 unspecified atom stereocenters. The highest BCUT2D eigenvalue weighted by Gasteiger charge is 2.38. The molecule has 2 aliphatic heterocycles. The van der Waals surface area contributed by atoms with Crippen LogP contribution >= 0.6 is 24.0 Å². The molecule has 0 spiro atoms. The SMILES string of the molecule is Cc1ccc2nc(N3CC(C)CC(C)C3)c(C=C3SC(=S)N(C4CCCC4)C3=O)c(=O)n2c1. The first kappa shape index (κ1) is 22.6. The Morgan fingerprint density at radius 3 is 2.52 bits per heavy atom. The van der Waals surface area contributed by atoms with E-state index in [1.165, 1.54) is 11.8 Å². The van der Waals surface area contributed by atoms with Gasteiger partial charge < -0.3 is 4.90 Å². The zero-order valence-corrected chi connectivity index (χ0v) is 21.0. The third-order valence-corrected chi connectivity index (χ3v) is 8.27. The van der Waals surface area contributed by atoms with Crippen molar-refractivity contribution in [3.63, 3.8) is 0 Å². The molecule has 2 aromatic heterocycles. The van der Waals surface area contributed by atoms with E-state index in [1.54, 1.807) is 15.4 Å². The number of anilines is 1. The van der Waals surface area contributed by atoms with Crippen molar-refractivity contribution >= 4 is 51.7 Å². The van der Waals surface area contributed by atoms with Gasteiger partial charge in [-0.05, 0) is 55.7 Å². The molecule has 174 valence electrons. The van der Waals surface area contributed by atoms with Gasteiger partial charge >= 0.3 is 0 Å². The van der Waals surface area contributed by atoms with E-state index in [1.807, 2.05) is 25.3 Å².